The Kier molecular flexibility index (Phi) is 14.4. The molecule has 1 aromatic rings. The fourth-order valence-corrected chi connectivity index (χ4v) is 7.04. The molecule has 0 radical (unpaired) electrons. The molecule has 0 bridgehead atoms. The molecule has 9 nitrogen and oxygen atoms in total. The standard InChI is InChI=1S/C29H40N4O5.4H2S/c1-37-24-17-33(26-23(34)18-38-27(24)26)29(36)25(19-5-2-3-6-19)30-28(35)20-9-11-22(12-10-20)32-15-13-31(14-16-32)21-7-4-8-21;;;;/h9-12,19,21,24-27H,2-8,13-18H2,1H3,(H,30,35);4*1H2/t24-,25-,26+,27+;;;;/m0..../s1. The number of amides is 2. The van der Waals surface area contributed by atoms with E-state index in [0.29, 0.717) is 12.1 Å². The number of ketones is 1. The number of nitrogens with one attached hydrogen (secondary N) is 1. The van der Waals surface area contributed by atoms with Crippen LogP contribution in [-0.2, 0) is 19.1 Å². The lowest BCUT2D eigenvalue weighted by molar-refractivity contribution is -0.139. The van der Waals surface area contributed by atoms with Crippen LogP contribution in [-0.4, -0.2) is 104 Å². The van der Waals surface area contributed by atoms with Crippen molar-refractivity contribution in [1.29, 1.82) is 0 Å². The summed E-state index contributed by atoms with van der Waals surface area (Å²) < 4.78 is 11.2. The lowest BCUT2D eigenvalue weighted by Gasteiger charge is -2.43. The summed E-state index contributed by atoms with van der Waals surface area (Å²) in [6.45, 7) is 4.49. The second kappa shape index (κ2) is 16.3. The van der Waals surface area contributed by atoms with Crippen molar-refractivity contribution in [2.75, 3.05) is 51.3 Å². The zero-order valence-corrected chi connectivity index (χ0v) is 28.3. The number of benzene rings is 1. The van der Waals surface area contributed by atoms with Gasteiger partial charge in [-0.3, -0.25) is 19.3 Å². The molecule has 13 heteroatoms. The van der Waals surface area contributed by atoms with Gasteiger partial charge in [-0.05, 0) is 55.9 Å². The Bertz CT molecular complexity index is 1050. The topological polar surface area (TPSA) is 91.4 Å². The highest BCUT2D eigenvalue weighted by Crippen LogP contribution is 2.34. The first kappa shape index (κ1) is 37.1. The maximum absolute atomic E-state index is 13.8. The van der Waals surface area contributed by atoms with Crippen LogP contribution in [0, 0.1) is 5.92 Å². The van der Waals surface area contributed by atoms with Gasteiger partial charge in [-0.15, -0.1) is 0 Å². The van der Waals surface area contributed by atoms with Gasteiger partial charge in [0.05, 0.1) is 6.54 Å². The van der Waals surface area contributed by atoms with E-state index in [2.05, 4.69) is 15.1 Å². The smallest absolute Gasteiger partial charge is 0.251 e. The monoisotopic (exact) mass is 660 g/mol. The molecule has 5 aliphatic rings. The number of anilines is 1. The van der Waals surface area contributed by atoms with Crippen LogP contribution in [0.4, 0.5) is 5.69 Å². The summed E-state index contributed by atoms with van der Waals surface area (Å²) in [5.41, 5.74) is 1.68. The minimum atomic E-state index is -0.658. The van der Waals surface area contributed by atoms with Gasteiger partial charge in [-0.25, -0.2) is 0 Å². The maximum atomic E-state index is 13.8. The van der Waals surface area contributed by atoms with Crippen molar-refractivity contribution in [3.63, 3.8) is 0 Å². The van der Waals surface area contributed by atoms with Crippen LogP contribution in [0.2, 0.25) is 0 Å². The summed E-state index contributed by atoms with van der Waals surface area (Å²) in [6, 6.07) is 7.25. The van der Waals surface area contributed by atoms with Gasteiger partial charge in [0.1, 0.15) is 30.9 Å². The van der Waals surface area contributed by atoms with Crippen LogP contribution in [0.25, 0.3) is 0 Å². The highest BCUT2D eigenvalue weighted by Gasteiger charge is 2.54. The van der Waals surface area contributed by atoms with Gasteiger partial charge < -0.3 is 24.6 Å². The van der Waals surface area contributed by atoms with Crippen molar-refractivity contribution >= 4 is 77.3 Å². The van der Waals surface area contributed by atoms with Crippen molar-refractivity contribution in [3.05, 3.63) is 29.8 Å². The molecular formula is C29H48N4O5S4. The van der Waals surface area contributed by atoms with Crippen molar-refractivity contribution < 1.29 is 23.9 Å². The van der Waals surface area contributed by atoms with Crippen LogP contribution in [0.3, 0.4) is 0 Å². The molecule has 2 aliphatic carbocycles. The number of methoxy groups -OCH3 is 1. The lowest BCUT2D eigenvalue weighted by atomic mass is 9.91. The maximum Gasteiger partial charge on any atom is 0.251 e. The second-order valence-corrected chi connectivity index (χ2v) is 11.6. The predicted octanol–water partition coefficient (Wildman–Crippen LogP) is 2.29. The summed E-state index contributed by atoms with van der Waals surface area (Å²) in [4.78, 5) is 46.4. The van der Waals surface area contributed by atoms with Gasteiger partial charge in [0.15, 0.2) is 5.78 Å². The predicted molar refractivity (Wildman–Crippen MR) is 184 cm³/mol. The van der Waals surface area contributed by atoms with E-state index in [1.54, 1.807) is 12.0 Å². The van der Waals surface area contributed by atoms with Gasteiger partial charge in [-0.2, -0.15) is 54.0 Å². The molecule has 0 aromatic heterocycles. The normalized spacial score (nSPS) is 26.6. The van der Waals surface area contributed by atoms with Crippen LogP contribution in [0.15, 0.2) is 24.3 Å². The van der Waals surface area contributed by atoms with Crippen molar-refractivity contribution in [1.82, 2.24) is 15.1 Å². The Morgan fingerprint density at radius 2 is 1.57 bits per heavy atom. The van der Waals surface area contributed by atoms with Gasteiger partial charge in [0.2, 0.25) is 5.91 Å². The number of carbonyl (C=O) groups is 3. The molecule has 4 atom stereocenters. The molecule has 42 heavy (non-hydrogen) atoms. The first-order chi connectivity index (χ1) is 18.5. The molecule has 1 N–H and O–H groups in total. The number of ether oxygens (including phenoxy) is 2. The van der Waals surface area contributed by atoms with E-state index in [4.69, 9.17) is 9.47 Å². The van der Waals surface area contributed by atoms with E-state index in [0.717, 1.165) is 63.6 Å². The zero-order valence-electron chi connectivity index (χ0n) is 24.3. The summed E-state index contributed by atoms with van der Waals surface area (Å²) >= 11 is 0. The van der Waals surface area contributed by atoms with E-state index in [1.165, 1.54) is 19.3 Å². The molecule has 5 fully saturated rings. The number of rotatable bonds is 7. The molecule has 3 saturated heterocycles. The Hall–Kier alpha value is -1.09. The summed E-state index contributed by atoms with van der Waals surface area (Å²) in [5.74, 6) is -0.470. The molecular weight excluding hydrogens is 613 g/mol. The molecule has 3 heterocycles. The molecule has 238 valence electrons. The van der Waals surface area contributed by atoms with E-state index >= 15 is 0 Å². The summed E-state index contributed by atoms with van der Waals surface area (Å²) in [5, 5.41) is 3.07. The highest BCUT2D eigenvalue weighted by molar-refractivity contribution is 7.59. The Labute approximate surface area is 277 Å². The van der Waals surface area contributed by atoms with Crippen LogP contribution in [0.5, 0.6) is 0 Å². The molecule has 0 spiro atoms. The third kappa shape index (κ3) is 7.40. The van der Waals surface area contributed by atoms with Crippen molar-refractivity contribution in [2.45, 2.75) is 75.3 Å². The van der Waals surface area contributed by atoms with E-state index in [1.807, 2.05) is 24.3 Å². The number of likely N-dealkylation sites (tertiary alicyclic amines) is 1. The van der Waals surface area contributed by atoms with E-state index in [9.17, 15) is 14.4 Å². The number of hydrogen-bond donors (Lipinski definition) is 1. The average molecular weight is 661 g/mol. The van der Waals surface area contributed by atoms with Crippen molar-refractivity contribution in [2.24, 2.45) is 5.92 Å². The lowest BCUT2D eigenvalue weighted by Crippen LogP contribution is -2.54. The van der Waals surface area contributed by atoms with Gasteiger partial charge in [0, 0.05) is 50.6 Å². The van der Waals surface area contributed by atoms with E-state index < -0.39 is 18.2 Å². The summed E-state index contributed by atoms with van der Waals surface area (Å²) in [6.07, 6.45) is 7.14. The zero-order chi connectivity index (χ0) is 26.2. The average Bonchev–Trinajstić information content (AvgIpc) is 3.65. The molecule has 6 rings (SSSR count). The first-order valence-electron chi connectivity index (χ1n) is 14.4. The Morgan fingerprint density at radius 1 is 0.929 bits per heavy atom. The highest BCUT2D eigenvalue weighted by atomic mass is 32.1. The number of hydrogen-bond acceptors (Lipinski definition) is 7. The molecule has 1 aromatic carbocycles. The largest absolute Gasteiger partial charge is 0.377 e. The van der Waals surface area contributed by atoms with Gasteiger partial charge >= 0.3 is 0 Å². The third-order valence-corrected chi connectivity index (χ3v) is 9.55. The number of piperazine rings is 1. The van der Waals surface area contributed by atoms with Gasteiger partial charge in [-0.1, -0.05) is 19.3 Å². The van der Waals surface area contributed by atoms with Gasteiger partial charge in [0.25, 0.3) is 5.91 Å². The number of nitrogens with zero attached hydrogens (tertiary/aromatic N) is 3. The number of Topliss-reactive ketones (excluding diaryl/α,β-unsaturated/α-hetero) is 1. The Morgan fingerprint density at radius 3 is 2.14 bits per heavy atom. The number of fused-ring (bicyclic) bond motifs is 1. The van der Waals surface area contributed by atoms with Crippen LogP contribution in [0.1, 0.15) is 55.3 Å². The fraction of sp³-hybridized carbons (Fsp3) is 0.690. The Balaban J connectivity index is 0.00000154. The SMILES string of the molecule is CO[C@H]1CN(C(=O)[C@@H](NC(=O)c2ccc(N3CCN(C4CCC4)CC3)cc2)C2CCCC2)[C@@H]2C(=O)CO[C@H]12.S.S.S.S. The van der Waals surface area contributed by atoms with E-state index in [-0.39, 0.29) is 90.2 Å². The minimum Gasteiger partial charge on any atom is -0.377 e. The van der Waals surface area contributed by atoms with Crippen molar-refractivity contribution in [3.8, 4) is 0 Å². The fourth-order valence-electron chi connectivity index (χ4n) is 7.04. The van der Waals surface area contributed by atoms with Crippen LogP contribution < -0.4 is 10.2 Å². The molecule has 2 amide bonds. The van der Waals surface area contributed by atoms with Crippen LogP contribution >= 0.6 is 54.0 Å². The second-order valence-electron chi connectivity index (χ2n) is 11.6. The molecule has 0 unspecified atom stereocenters. The molecule has 2 saturated carbocycles. The number of carbonyl (C=O) groups excluding carboxylic acids is 3. The quantitative estimate of drug-likeness (QED) is 0.480. The summed E-state index contributed by atoms with van der Waals surface area (Å²) in [7, 11) is 1.58. The minimum absolute atomic E-state index is 0. The molecule has 3 aliphatic heterocycles. The third-order valence-electron chi connectivity index (χ3n) is 9.55. The first-order valence-corrected chi connectivity index (χ1v) is 14.4.